The highest BCUT2D eigenvalue weighted by atomic mass is 32.2. The van der Waals surface area contributed by atoms with Crippen molar-refractivity contribution in [2.75, 3.05) is 12.0 Å². The summed E-state index contributed by atoms with van der Waals surface area (Å²) in [6.07, 6.45) is 2.00. The lowest BCUT2D eigenvalue weighted by atomic mass is 10.5. The van der Waals surface area contributed by atoms with Gasteiger partial charge in [0.25, 0.3) is 0 Å². The van der Waals surface area contributed by atoms with Crippen LogP contribution in [0.1, 0.15) is 5.76 Å². The van der Waals surface area contributed by atoms with Crippen molar-refractivity contribution in [2.45, 2.75) is 5.75 Å². The molecule has 0 saturated carbocycles. The molecule has 0 aromatic carbocycles. The molecule has 1 aromatic rings. The SMILES string of the molecule is CSCc1cc(N)no1. The molecule has 0 fully saturated rings. The van der Waals surface area contributed by atoms with Crippen LogP contribution in [0.25, 0.3) is 0 Å². The van der Waals surface area contributed by atoms with E-state index in [4.69, 9.17) is 10.3 Å². The van der Waals surface area contributed by atoms with E-state index in [1.54, 1.807) is 17.8 Å². The van der Waals surface area contributed by atoms with Crippen LogP contribution in [0, 0.1) is 0 Å². The largest absolute Gasteiger partial charge is 0.381 e. The lowest BCUT2D eigenvalue weighted by Gasteiger charge is -1.83. The number of nitrogens with two attached hydrogens (primary N) is 1. The smallest absolute Gasteiger partial charge is 0.167 e. The van der Waals surface area contributed by atoms with Crippen LogP contribution in [0.15, 0.2) is 10.6 Å². The van der Waals surface area contributed by atoms with Gasteiger partial charge in [0.05, 0.1) is 5.75 Å². The van der Waals surface area contributed by atoms with Gasteiger partial charge in [-0.1, -0.05) is 5.16 Å². The molecule has 0 saturated heterocycles. The molecule has 1 rings (SSSR count). The molecule has 0 aliphatic rings. The number of nitrogen functional groups attached to an aromatic ring is 1. The van der Waals surface area contributed by atoms with Crippen LogP contribution in [-0.4, -0.2) is 11.4 Å². The van der Waals surface area contributed by atoms with E-state index < -0.39 is 0 Å². The first-order valence-corrected chi connectivity index (χ1v) is 3.92. The van der Waals surface area contributed by atoms with E-state index in [1.807, 2.05) is 6.26 Å². The number of hydrogen-bond acceptors (Lipinski definition) is 4. The zero-order valence-corrected chi connectivity index (χ0v) is 5.94. The van der Waals surface area contributed by atoms with Gasteiger partial charge >= 0.3 is 0 Å². The number of aromatic nitrogens is 1. The third-order valence-electron chi connectivity index (χ3n) is 0.864. The van der Waals surface area contributed by atoms with Gasteiger partial charge in [-0.3, -0.25) is 0 Å². The monoisotopic (exact) mass is 144 g/mol. The Bertz CT molecular complexity index is 187. The maximum absolute atomic E-state index is 5.29. The Balaban J connectivity index is 2.61. The fraction of sp³-hybridized carbons (Fsp3) is 0.400. The molecular formula is C5H8N2OS. The van der Waals surface area contributed by atoms with Gasteiger partial charge in [0.15, 0.2) is 5.82 Å². The van der Waals surface area contributed by atoms with Gasteiger partial charge in [0, 0.05) is 6.07 Å². The highest BCUT2D eigenvalue weighted by molar-refractivity contribution is 7.97. The van der Waals surface area contributed by atoms with Crippen LogP contribution in [0.3, 0.4) is 0 Å². The van der Waals surface area contributed by atoms with Gasteiger partial charge in [0.1, 0.15) is 5.76 Å². The molecule has 0 spiro atoms. The highest BCUT2D eigenvalue weighted by Gasteiger charge is 1.97. The van der Waals surface area contributed by atoms with Crippen molar-refractivity contribution in [3.63, 3.8) is 0 Å². The molecule has 0 atom stereocenters. The quantitative estimate of drug-likeness (QED) is 0.675. The molecule has 2 N–H and O–H groups in total. The highest BCUT2D eigenvalue weighted by Crippen LogP contribution is 2.10. The predicted octanol–water partition coefficient (Wildman–Crippen LogP) is 1.12. The molecule has 4 heteroatoms. The van der Waals surface area contributed by atoms with E-state index in [9.17, 15) is 0 Å². The van der Waals surface area contributed by atoms with Crippen molar-refractivity contribution in [3.05, 3.63) is 11.8 Å². The maximum atomic E-state index is 5.29. The summed E-state index contributed by atoms with van der Waals surface area (Å²) in [4.78, 5) is 0. The van der Waals surface area contributed by atoms with Crippen molar-refractivity contribution in [1.29, 1.82) is 0 Å². The first-order chi connectivity index (χ1) is 4.33. The fourth-order valence-electron chi connectivity index (χ4n) is 0.539. The van der Waals surface area contributed by atoms with Crippen molar-refractivity contribution in [3.8, 4) is 0 Å². The Hall–Kier alpha value is -0.640. The number of nitrogens with zero attached hydrogens (tertiary/aromatic N) is 1. The second-order valence-corrected chi connectivity index (χ2v) is 2.52. The summed E-state index contributed by atoms with van der Waals surface area (Å²) in [7, 11) is 0. The van der Waals surface area contributed by atoms with Crippen LogP contribution in [0.4, 0.5) is 5.82 Å². The predicted molar refractivity (Wildman–Crippen MR) is 38.1 cm³/mol. The van der Waals surface area contributed by atoms with Crippen molar-refractivity contribution in [2.24, 2.45) is 0 Å². The van der Waals surface area contributed by atoms with Gasteiger partial charge in [-0.15, -0.1) is 0 Å². The molecule has 0 radical (unpaired) electrons. The van der Waals surface area contributed by atoms with E-state index in [0.717, 1.165) is 11.5 Å². The number of hydrogen-bond donors (Lipinski definition) is 1. The van der Waals surface area contributed by atoms with Crippen molar-refractivity contribution < 1.29 is 4.52 Å². The molecule has 0 unspecified atom stereocenters. The lowest BCUT2D eigenvalue weighted by molar-refractivity contribution is 0.398. The van der Waals surface area contributed by atoms with Crippen LogP contribution < -0.4 is 5.73 Å². The third kappa shape index (κ3) is 1.64. The summed E-state index contributed by atoms with van der Waals surface area (Å²) in [5.41, 5.74) is 5.29. The van der Waals surface area contributed by atoms with Gasteiger partial charge < -0.3 is 10.3 Å². The van der Waals surface area contributed by atoms with Gasteiger partial charge in [-0.25, -0.2) is 0 Å². The van der Waals surface area contributed by atoms with Gasteiger partial charge in [-0.2, -0.15) is 11.8 Å². The third-order valence-corrected chi connectivity index (χ3v) is 1.44. The fourth-order valence-corrected chi connectivity index (χ4v) is 0.960. The lowest BCUT2D eigenvalue weighted by Crippen LogP contribution is -1.80. The summed E-state index contributed by atoms with van der Waals surface area (Å²) in [5.74, 6) is 2.13. The van der Waals surface area contributed by atoms with E-state index in [1.165, 1.54) is 0 Å². The second kappa shape index (κ2) is 2.77. The molecule has 9 heavy (non-hydrogen) atoms. The van der Waals surface area contributed by atoms with Gasteiger partial charge in [0.2, 0.25) is 0 Å². The Morgan fingerprint density at radius 1 is 1.89 bits per heavy atom. The summed E-state index contributed by atoms with van der Waals surface area (Å²) in [6.45, 7) is 0. The molecule has 3 nitrogen and oxygen atoms in total. The van der Waals surface area contributed by atoms with E-state index in [0.29, 0.717) is 5.82 Å². The molecule has 1 aromatic heterocycles. The topological polar surface area (TPSA) is 52.0 Å². The standard InChI is InChI=1S/C5H8N2OS/c1-9-3-4-2-5(6)7-8-4/h2H,3H2,1H3,(H2,6,7). The van der Waals surface area contributed by atoms with Crippen LogP contribution in [0.2, 0.25) is 0 Å². The molecule has 50 valence electrons. The molecule has 0 aliphatic carbocycles. The van der Waals surface area contributed by atoms with Gasteiger partial charge in [-0.05, 0) is 6.26 Å². The van der Waals surface area contributed by atoms with Crippen LogP contribution in [-0.2, 0) is 5.75 Å². The van der Waals surface area contributed by atoms with Crippen molar-refractivity contribution >= 4 is 17.6 Å². The Morgan fingerprint density at radius 2 is 2.67 bits per heavy atom. The minimum atomic E-state index is 0.457. The average Bonchev–Trinajstić information content (AvgIpc) is 2.17. The summed E-state index contributed by atoms with van der Waals surface area (Å²) >= 11 is 1.68. The summed E-state index contributed by atoms with van der Waals surface area (Å²) in [5, 5.41) is 3.52. The number of rotatable bonds is 2. The molecular weight excluding hydrogens is 136 g/mol. The molecule has 0 amide bonds. The number of anilines is 1. The summed E-state index contributed by atoms with van der Waals surface area (Å²) < 4.78 is 4.81. The van der Waals surface area contributed by atoms with E-state index in [2.05, 4.69) is 5.16 Å². The molecule has 0 aliphatic heterocycles. The zero-order chi connectivity index (χ0) is 6.69. The van der Waals surface area contributed by atoms with Crippen LogP contribution in [0.5, 0.6) is 0 Å². The molecule has 0 bridgehead atoms. The second-order valence-electron chi connectivity index (χ2n) is 1.65. The molecule has 1 heterocycles. The van der Waals surface area contributed by atoms with E-state index in [-0.39, 0.29) is 0 Å². The average molecular weight is 144 g/mol. The van der Waals surface area contributed by atoms with E-state index >= 15 is 0 Å². The maximum Gasteiger partial charge on any atom is 0.167 e. The minimum Gasteiger partial charge on any atom is -0.381 e. The Labute approximate surface area is 57.6 Å². The zero-order valence-electron chi connectivity index (χ0n) is 5.13. The number of thioether (sulfide) groups is 1. The normalized spacial score (nSPS) is 9.89. The van der Waals surface area contributed by atoms with Crippen LogP contribution >= 0.6 is 11.8 Å². The minimum absolute atomic E-state index is 0.457. The van der Waals surface area contributed by atoms with Crippen molar-refractivity contribution in [1.82, 2.24) is 5.16 Å². The Morgan fingerprint density at radius 3 is 3.11 bits per heavy atom. The first kappa shape index (κ1) is 6.48. The Kier molecular flexibility index (Phi) is 2.00. The summed E-state index contributed by atoms with van der Waals surface area (Å²) in [6, 6.07) is 1.73. The first-order valence-electron chi connectivity index (χ1n) is 2.53.